The Morgan fingerprint density at radius 2 is 1.71 bits per heavy atom. The molecule has 1 fully saturated rings. The van der Waals surface area contributed by atoms with Crippen molar-refractivity contribution in [1.82, 2.24) is 15.1 Å². The summed E-state index contributed by atoms with van der Waals surface area (Å²) in [5.41, 5.74) is 0. The second kappa shape index (κ2) is 8.18. The van der Waals surface area contributed by atoms with Crippen LogP contribution in [0.3, 0.4) is 0 Å². The van der Waals surface area contributed by atoms with E-state index in [1.807, 2.05) is 5.32 Å². The van der Waals surface area contributed by atoms with Gasteiger partial charge in [-0.25, -0.2) is 0 Å². The Hall–Kier alpha value is -1.35. The van der Waals surface area contributed by atoms with E-state index < -0.39 is 18.6 Å². The Balaban J connectivity index is 2.18. The topological polar surface area (TPSA) is 61.9 Å². The summed E-state index contributed by atoms with van der Waals surface area (Å²) in [5, 5.41) is 1.85. The molecule has 1 amide bonds. The molecular formula is C12H20F3N3O3. The number of carbonyl (C=O) groups is 2. The molecule has 1 aliphatic rings. The Morgan fingerprint density at radius 1 is 1.14 bits per heavy atom. The van der Waals surface area contributed by atoms with Crippen LogP contribution in [0.25, 0.3) is 0 Å². The number of esters is 1. The highest BCUT2D eigenvalue weighted by atomic mass is 19.4. The van der Waals surface area contributed by atoms with E-state index >= 15 is 0 Å². The van der Waals surface area contributed by atoms with Crippen molar-refractivity contribution >= 4 is 11.9 Å². The molecule has 0 spiro atoms. The van der Waals surface area contributed by atoms with Crippen LogP contribution >= 0.6 is 0 Å². The molecule has 0 aromatic rings. The number of amides is 1. The van der Waals surface area contributed by atoms with Crippen molar-refractivity contribution < 1.29 is 27.5 Å². The molecule has 0 aromatic carbocycles. The Morgan fingerprint density at radius 3 is 2.24 bits per heavy atom. The highest BCUT2D eigenvalue weighted by molar-refractivity contribution is 5.78. The van der Waals surface area contributed by atoms with Crippen LogP contribution in [0.15, 0.2) is 0 Å². The van der Waals surface area contributed by atoms with Gasteiger partial charge < -0.3 is 15.0 Å². The zero-order valence-electron chi connectivity index (χ0n) is 11.9. The van der Waals surface area contributed by atoms with E-state index in [4.69, 9.17) is 0 Å². The number of methoxy groups -OCH3 is 1. The van der Waals surface area contributed by atoms with Gasteiger partial charge in [0, 0.05) is 32.7 Å². The van der Waals surface area contributed by atoms with Crippen LogP contribution in [0.2, 0.25) is 0 Å². The minimum Gasteiger partial charge on any atom is -0.469 e. The van der Waals surface area contributed by atoms with Crippen molar-refractivity contribution in [3.05, 3.63) is 0 Å². The summed E-state index contributed by atoms with van der Waals surface area (Å²) in [7, 11) is 1.33. The maximum Gasteiger partial charge on any atom is 0.405 e. The predicted molar refractivity (Wildman–Crippen MR) is 68.6 cm³/mol. The third-order valence-electron chi connectivity index (χ3n) is 3.18. The molecule has 0 saturated carbocycles. The van der Waals surface area contributed by atoms with E-state index in [9.17, 15) is 22.8 Å². The molecule has 0 atom stereocenters. The lowest BCUT2D eigenvalue weighted by molar-refractivity contribution is -0.141. The van der Waals surface area contributed by atoms with Crippen LogP contribution in [0, 0.1) is 0 Å². The van der Waals surface area contributed by atoms with Gasteiger partial charge in [0.2, 0.25) is 5.91 Å². The van der Waals surface area contributed by atoms with E-state index in [1.165, 1.54) is 7.11 Å². The minimum absolute atomic E-state index is 0.0408. The SMILES string of the molecule is COC(=O)CCN1CCN(CC(=O)NCC(F)(F)F)CC1. The van der Waals surface area contributed by atoms with Gasteiger partial charge in [-0.05, 0) is 0 Å². The average Bonchev–Trinajstić information content (AvgIpc) is 2.43. The highest BCUT2D eigenvalue weighted by Crippen LogP contribution is 2.12. The van der Waals surface area contributed by atoms with E-state index in [0.29, 0.717) is 39.1 Å². The summed E-state index contributed by atoms with van der Waals surface area (Å²) in [5.74, 6) is -0.903. The highest BCUT2D eigenvalue weighted by Gasteiger charge is 2.28. The molecule has 0 aliphatic carbocycles. The molecule has 1 heterocycles. The van der Waals surface area contributed by atoms with Crippen molar-refractivity contribution in [2.24, 2.45) is 0 Å². The standard InChI is InChI=1S/C12H20F3N3O3/c1-21-11(20)2-3-17-4-6-18(7-5-17)8-10(19)16-9-12(13,14)15/h2-9H2,1H3,(H,16,19). The van der Waals surface area contributed by atoms with Crippen LogP contribution in [0.1, 0.15) is 6.42 Å². The van der Waals surface area contributed by atoms with Gasteiger partial charge in [-0.15, -0.1) is 0 Å². The first-order valence-electron chi connectivity index (χ1n) is 6.65. The van der Waals surface area contributed by atoms with Gasteiger partial charge >= 0.3 is 12.1 Å². The molecule has 1 aliphatic heterocycles. The Bertz CT molecular complexity index is 355. The normalized spacial score (nSPS) is 17.5. The first-order valence-corrected chi connectivity index (χ1v) is 6.65. The van der Waals surface area contributed by atoms with Crippen LogP contribution in [0.4, 0.5) is 13.2 Å². The number of nitrogens with one attached hydrogen (secondary N) is 1. The van der Waals surface area contributed by atoms with Crippen molar-refractivity contribution in [3.63, 3.8) is 0 Å². The molecule has 122 valence electrons. The van der Waals surface area contributed by atoms with Crippen LogP contribution < -0.4 is 5.32 Å². The van der Waals surface area contributed by atoms with Crippen LogP contribution in [0.5, 0.6) is 0 Å². The van der Waals surface area contributed by atoms with Crippen molar-refractivity contribution in [2.75, 3.05) is 52.9 Å². The molecule has 0 radical (unpaired) electrons. The predicted octanol–water partition coefficient (Wildman–Crippen LogP) is -0.154. The van der Waals surface area contributed by atoms with Crippen molar-refractivity contribution in [3.8, 4) is 0 Å². The monoisotopic (exact) mass is 311 g/mol. The molecule has 1 rings (SSSR count). The molecule has 0 bridgehead atoms. The van der Waals surface area contributed by atoms with E-state index in [2.05, 4.69) is 9.64 Å². The molecule has 9 heteroatoms. The number of piperazine rings is 1. The summed E-state index contributed by atoms with van der Waals surface area (Å²) < 4.78 is 40.4. The number of halogens is 3. The van der Waals surface area contributed by atoms with Gasteiger partial charge in [0.1, 0.15) is 6.54 Å². The lowest BCUT2D eigenvalue weighted by Gasteiger charge is -2.34. The average molecular weight is 311 g/mol. The van der Waals surface area contributed by atoms with Gasteiger partial charge in [-0.2, -0.15) is 13.2 Å². The van der Waals surface area contributed by atoms with Gasteiger partial charge in [-0.3, -0.25) is 14.5 Å². The number of alkyl halides is 3. The summed E-state index contributed by atoms with van der Waals surface area (Å²) >= 11 is 0. The number of nitrogens with zero attached hydrogens (tertiary/aromatic N) is 2. The maximum atomic E-state index is 12.0. The summed E-state index contributed by atoms with van der Waals surface area (Å²) in [6.45, 7) is 1.75. The number of hydrogen-bond donors (Lipinski definition) is 1. The number of ether oxygens (including phenoxy) is 1. The van der Waals surface area contributed by atoms with Crippen molar-refractivity contribution in [2.45, 2.75) is 12.6 Å². The molecule has 6 nitrogen and oxygen atoms in total. The molecule has 1 N–H and O–H groups in total. The molecule has 0 unspecified atom stereocenters. The number of carbonyl (C=O) groups excluding carboxylic acids is 2. The molecule has 1 saturated heterocycles. The molecule has 0 aromatic heterocycles. The lowest BCUT2D eigenvalue weighted by Crippen LogP contribution is -2.50. The second-order valence-electron chi connectivity index (χ2n) is 4.84. The quantitative estimate of drug-likeness (QED) is 0.691. The van der Waals surface area contributed by atoms with Gasteiger partial charge in [0.05, 0.1) is 20.1 Å². The third kappa shape index (κ3) is 7.86. The van der Waals surface area contributed by atoms with E-state index in [0.717, 1.165) is 0 Å². The first-order chi connectivity index (χ1) is 9.80. The Kier molecular flexibility index (Phi) is 6.90. The fourth-order valence-electron chi connectivity index (χ4n) is 1.98. The number of hydrogen-bond acceptors (Lipinski definition) is 5. The van der Waals surface area contributed by atoms with Crippen LogP contribution in [-0.2, 0) is 14.3 Å². The number of rotatable bonds is 6. The van der Waals surface area contributed by atoms with E-state index in [1.54, 1.807) is 4.90 Å². The minimum atomic E-state index is -4.39. The van der Waals surface area contributed by atoms with Gasteiger partial charge in [0.15, 0.2) is 0 Å². The fraction of sp³-hybridized carbons (Fsp3) is 0.833. The summed E-state index contributed by atoms with van der Waals surface area (Å²) in [6.07, 6.45) is -4.08. The van der Waals surface area contributed by atoms with Gasteiger partial charge in [0.25, 0.3) is 0 Å². The molecular weight excluding hydrogens is 291 g/mol. The maximum absolute atomic E-state index is 12.0. The Labute approximate surface area is 121 Å². The van der Waals surface area contributed by atoms with E-state index in [-0.39, 0.29) is 12.5 Å². The fourth-order valence-corrected chi connectivity index (χ4v) is 1.98. The van der Waals surface area contributed by atoms with Gasteiger partial charge in [-0.1, -0.05) is 0 Å². The largest absolute Gasteiger partial charge is 0.469 e. The van der Waals surface area contributed by atoms with Crippen LogP contribution in [-0.4, -0.2) is 80.8 Å². The zero-order valence-corrected chi connectivity index (χ0v) is 11.9. The summed E-state index contributed by atoms with van der Waals surface area (Å²) in [6, 6.07) is 0. The lowest BCUT2D eigenvalue weighted by atomic mass is 10.3. The first kappa shape index (κ1) is 17.7. The third-order valence-corrected chi connectivity index (χ3v) is 3.18. The summed E-state index contributed by atoms with van der Waals surface area (Å²) in [4.78, 5) is 26.2. The molecule has 21 heavy (non-hydrogen) atoms. The smallest absolute Gasteiger partial charge is 0.405 e. The van der Waals surface area contributed by atoms with Crippen molar-refractivity contribution in [1.29, 1.82) is 0 Å². The zero-order chi connectivity index (χ0) is 15.9. The second-order valence-corrected chi connectivity index (χ2v) is 4.84.